The van der Waals surface area contributed by atoms with Crippen molar-refractivity contribution in [3.8, 4) is 22.7 Å². The molecule has 1 aliphatic heterocycles. The van der Waals surface area contributed by atoms with Crippen LogP contribution in [0, 0.1) is 5.92 Å². The maximum atomic E-state index is 13.2. The van der Waals surface area contributed by atoms with Gasteiger partial charge < -0.3 is 19.1 Å². The van der Waals surface area contributed by atoms with Gasteiger partial charge in [-0.3, -0.25) is 14.6 Å². The average molecular weight is 656 g/mol. The molecule has 1 aromatic carbocycles. The number of ketones is 1. The molecule has 1 atom stereocenters. The number of Topliss-reactive ketones (excluding diaryl/α,β-unsaturated/α-hetero) is 1. The Morgan fingerprint density at radius 2 is 1.83 bits per heavy atom. The molecule has 4 rings (SSSR count). The highest BCUT2D eigenvalue weighted by atomic mass is 35.5. The van der Waals surface area contributed by atoms with Gasteiger partial charge in [0.05, 0.1) is 10.0 Å². The van der Waals surface area contributed by atoms with Crippen LogP contribution in [0.1, 0.15) is 40.0 Å². The Bertz CT molecular complexity index is 1440. The van der Waals surface area contributed by atoms with E-state index in [1.54, 1.807) is 62.1 Å². The summed E-state index contributed by atoms with van der Waals surface area (Å²) in [6, 6.07) is 9.97. The second-order valence-electron chi connectivity index (χ2n) is 10.8. The Labute approximate surface area is 264 Å². The molecule has 13 heteroatoms. The van der Waals surface area contributed by atoms with E-state index in [1.165, 1.54) is 11.1 Å². The Balaban J connectivity index is 1.50. The molecule has 42 heavy (non-hydrogen) atoms. The first-order chi connectivity index (χ1) is 19.8. The standard InChI is InChI=1S/C29H30Cl4N4O5/c1-29(2,3)41-28(40)36-12-5-6-17(16-36)23(38)10-13-37(27(39)26(32)33)18-9-11-34-21(14-18)24-15-22(35-42-24)25-19(30)7-4-8-20(25)31/h4,7-9,11,14-15,17,26H,5-6,10,12-13,16H2,1-3H3. The molecule has 2 amide bonds. The topological polar surface area (TPSA) is 106 Å². The van der Waals surface area contributed by atoms with E-state index in [4.69, 9.17) is 55.7 Å². The van der Waals surface area contributed by atoms with Crippen molar-refractivity contribution in [1.82, 2.24) is 15.0 Å². The minimum Gasteiger partial charge on any atom is -0.444 e. The fourth-order valence-corrected chi connectivity index (χ4v) is 5.45. The van der Waals surface area contributed by atoms with Crippen molar-refractivity contribution >= 4 is 69.9 Å². The maximum absolute atomic E-state index is 13.2. The highest BCUT2D eigenvalue weighted by Gasteiger charge is 2.32. The van der Waals surface area contributed by atoms with Crippen LogP contribution < -0.4 is 4.90 Å². The number of rotatable bonds is 8. The Hall–Kier alpha value is -2.85. The quantitative estimate of drug-likeness (QED) is 0.232. The van der Waals surface area contributed by atoms with Crippen LogP contribution in [-0.4, -0.2) is 62.9 Å². The summed E-state index contributed by atoms with van der Waals surface area (Å²) in [5.41, 5.74) is 1.09. The highest BCUT2D eigenvalue weighted by Crippen LogP contribution is 2.36. The van der Waals surface area contributed by atoms with Gasteiger partial charge in [0, 0.05) is 55.5 Å². The third-order valence-corrected chi connectivity index (χ3v) is 7.60. The van der Waals surface area contributed by atoms with Gasteiger partial charge in [0.15, 0.2) is 10.6 Å². The summed E-state index contributed by atoms with van der Waals surface area (Å²) >= 11 is 24.5. The fraction of sp³-hybridized carbons (Fsp3) is 0.414. The predicted octanol–water partition coefficient (Wildman–Crippen LogP) is 7.45. The number of piperidine rings is 1. The lowest BCUT2D eigenvalue weighted by Gasteiger charge is -2.33. The van der Waals surface area contributed by atoms with E-state index in [9.17, 15) is 14.4 Å². The summed E-state index contributed by atoms with van der Waals surface area (Å²) in [4.78, 5) is 44.7. The monoisotopic (exact) mass is 654 g/mol. The van der Waals surface area contributed by atoms with Crippen LogP contribution in [0.15, 0.2) is 47.1 Å². The number of pyridine rings is 1. The number of carbonyl (C=O) groups excluding carboxylic acids is 3. The van der Waals surface area contributed by atoms with Crippen molar-refractivity contribution in [3.05, 3.63) is 52.6 Å². The van der Waals surface area contributed by atoms with Gasteiger partial charge in [0.25, 0.3) is 5.91 Å². The van der Waals surface area contributed by atoms with Crippen LogP contribution in [0.2, 0.25) is 10.0 Å². The van der Waals surface area contributed by atoms with Gasteiger partial charge in [-0.15, -0.1) is 0 Å². The van der Waals surface area contributed by atoms with Crippen molar-refractivity contribution < 1.29 is 23.6 Å². The second-order valence-corrected chi connectivity index (χ2v) is 12.8. The maximum Gasteiger partial charge on any atom is 0.410 e. The van der Waals surface area contributed by atoms with Crippen molar-refractivity contribution in [1.29, 1.82) is 0 Å². The normalized spacial score (nSPS) is 15.5. The van der Waals surface area contributed by atoms with Gasteiger partial charge >= 0.3 is 6.09 Å². The van der Waals surface area contributed by atoms with E-state index in [1.807, 2.05) is 0 Å². The molecule has 0 N–H and O–H groups in total. The predicted molar refractivity (Wildman–Crippen MR) is 163 cm³/mol. The first-order valence-electron chi connectivity index (χ1n) is 13.3. The first kappa shape index (κ1) is 32.1. The van der Waals surface area contributed by atoms with Gasteiger partial charge in [-0.05, 0) is 57.9 Å². The van der Waals surface area contributed by atoms with Gasteiger partial charge in [-0.25, -0.2) is 4.79 Å². The zero-order valence-corrected chi connectivity index (χ0v) is 26.3. The summed E-state index contributed by atoms with van der Waals surface area (Å²) in [5, 5.41) is 4.90. The molecule has 1 aliphatic rings. The number of benzene rings is 1. The van der Waals surface area contributed by atoms with E-state index < -0.39 is 22.4 Å². The van der Waals surface area contributed by atoms with Crippen molar-refractivity contribution in [3.63, 3.8) is 0 Å². The molecule has 224 valence electrons. The third kappa shape index (κ3) is 7.95. The van der Waals surface area contributed by atoms with E-state index in [0.717, 1.165) is 0 Å². The largest absolute Gasteiger partial charge is 0.444 e. The number of anilines is 1. The molecular formula is C29H30Cl4N4O5. The summed E-state index contributed by atoms with van der Waals surface area (Å²) in [7, 11) is 0. The van der Waals surface area contributed by atoms with E-state index >= 15 is 0 Å². The van der Waals surface area contributed by atoms with Crippen molar-refractivity contribution in [2.75, 3.05) is 24.5 Å². The minimum atomic E-state index is -1.35. The SMILES string of the molecule is CC(C)(C)OC(=O)N1CCCC(C(=O)CCN(C(=O)C(Cl)Cl)c2ccnc(-c3cc(-c4c(Cl)cccc4Cl)no3)c2)C1. The number of ether oxygens (including phenoxy) is 1. The number of carbonyl (C=O) groups is 3. The van der Waals surface area contributed by atoms with Gasteiger partial charge in [-0.1, -0.05) is 57.6 Å². The Morgan fingerprint density at radius 1 is 1.12 bits per heavy atom. The second kappa shape index (κ2) is 13.6. The summed E-state index contributed by atoms with van der Waals surface area (Å²) in [6.07, 6.45) is 2.40. The van der Waals surface area contributed by atoms with Gasteiger partial charge in [-0.2, -0.15) is 0 Å². The van der Waals surface area contributed by atoms with E-state index in [0.29, 0.717) is 57.8 Å². The number of amides is 2. The molecule has 1 unspecified atom stereocenters. The van der Waals surface area contributed by atoms with Crippen LogP contribution in [0.5, 0.6) is 0 Å². The van der Waals surface area contributed by atoms with E-state index in [2.05, 4.69) is 10.1 Å². The summed E-state index contributed by atoms with van der Waals surface area (Å²) in [6.45, 7) is 6.20. The van der Waals surface area contributed by atoms with Crippen LogP contribution in [0.3, 0.4) is 0 Å². The van der Waals surface area contributed by atoms with Crippen LogP contribution in [-0.2, 0) is 14.3 Å². The zero-order chi connectivity index (χ0) is 30.6. The van der Waals surface area contributed by atoms with Crippen molar-refractivity contribution in [2.45, 2.75) is 50.5 Å². The Morgan fingerprint density at radius 3 is 2.50 bits per heavy atom. The van der Waals surface area contributed by atoms with Crippen molar-refractivity contribution in [2.24, 2.45) is 5.92 Å². The lowest BCUT2D eigenvalue weighted by Crippen LogP contribution is -2.45. The highest BCUT2D eigenvalue weighted by molar-refractivity contribution is 6.54. The number of likely N-dealkylation sites (tertiary alicyclic amines) is 1. The molecule has 1 saturated heterocycles. The van der Waals surface area contributed by atoms with Crippen LogP contribution in [0.4, 0.5) is 10.5 Å². The fourth-order valence-electron chi connectivity index (χ4n) is 4.62. The number of halogens is 4. The lowest BCUT2D eigenvalue weighted by atomic mass is 9.92. The molecule has 3 heterocycles. The lowest BCUT2D eigenvalue weighted by molar-refractivity contribution is -0.124. The molecule has 0 aliphatic carbocycles. The molecule has 0 saturated carbocycles. The minimum absolute atomic E-state index is 0.0247. The zero-order valence-electron chi connectivity index (χ0n) is 23.3. The average Bonchev–Trinajstić information content (AvgIpc) is 3.42. The number of hydrogen-bond donors (Lipinski definition) is 0. The number of nitrogens with zero attached hydrogens (tertiary/aromatic N) is 4. The summed E-state index contributed by atoms with van der Waals surface area (Å²) in [5.74, 6) is -0.733. The number of alkyl halides is 2. The van der Waals surface area contributed by atoms with Crippen LogP contribution >= 0.6 is 46.4 Å². The van der Waals surface area contributed by atoms with Crippen LogP contribution in [0.25, 0.3) is 22.7 Å². The number of aromatic nitrogens is 2. The smallest absolute Gasteiger partial charge is 0.410 e. The first-order valence-corrected chi connectivity index (χ1v) is 14.9. The molecule has 3 aromatic rings. The van der Waals surface area contributed by atoms with E-state index in [-0.39, 0.29) is 31.2 Å². The number of hydrogen-bond acceptors (Lipinski definition) is 7. The summed E-state index contributed by atoms with van der Waals surface area (Å²) < 4.78 is 11.0. The van der Waals surface area contributed by atoms with Gasteiger partial charge in [0.2, 0.25) is 0 Å². The third-order valence-electron chi connectivity index (χ3n) is 6.60. The Kier molecular flexibility index (Phi) is 10.4. The molecular weight excluding hydrogens is 626 g/mol. The molecule has 9 nitrogen and oxygen atoms in total. The molecule has 0 spiro atoms. The molecule has 1 fully saturated rings. The molecule has 0 bridgehead atoms. The molecule has 2 aromatic heterocycles. The van der Waals surface area contributed by atoms with Gasteiger partial charge in [0.1, 0.15) is 22.8 Å². The molecule has 0 radical (unpaired) electrons.